The smallest absolute Gasteiger partial charge is 0 e. The van der Waals surface area contributed by atoms with Crippen molar-refractivity contribution in [2.24, 2.45) is 0 Å². The molecule has 0 unspecified atom stereocenters. The maximum atomic E-state index is 7.25. The quantitative estimate of drug-likeness (QED) is 0.358. The maximum absolute atomic E-state index is 7.25. The summed E-state index contributed by atoms with van der Waals surface area (Å²) in [5.41, 5.74) is 11.5. The van der Waals surface area contributed by atoms with E-state index in [0.717, 1.165) is 0 Å². The molecule has 5 heteroatoms. The van der Waals surface area contributed by atoms with E-state index in [9.17, 15) is 0 Å². The van der Waals surface area contributed by atoms with Crippen LogP contribution in [-0.2, 0) is 30.6 Å². The summed E-state index contributed by atoms with van der Waals surface area (Å²) in [5.74, 6) is 0. The van der Waals surface area contributed by atoms with Gasteiger partial charge >= 0.3 is 20.5 Å². The summed E-state index contributed by atoms with van der Waals surface area (Å²) in [6, 6.07) is 0. The number of nitrogens with zero attached hydrogens (tertiary/aromatic N) is 2. The Bertz CT molecular complexity index is 23.1. The number of hydrogen-bond donors (Lipinski definition) is 0. The molecule has 4 nitrogen and oxygen atoms in total. The van der Waals surface area contributed by atoms with Crippen LogP contribution in [0.1, 0.15) is 0 Å². The molecule has 0 bridgehead atoms. The zero-order valence-corrected chi connectivity index (χ0v) is 4.13. The standard InChI is InChI=1S/Mo.2NO/c;2*1-2/q;2*+1. The Morgan fingerprint density at radius 1 is 0.800 bits per heavy atom. The third kappa shape index (κ3) is 20700. The first kappa shape index (κ1) is 19.8. The maximum Gasteiger partial charge on any atom is 0 e. The monoisotopic (exact) mass is 158 g/mol. The van der Waals surface area contributed by atoms with Crippen molar-refractivity contribution in [2.75, 3.05) is 0 Å². The van der Waals surface area contributed by atoms with E-state index >= 15 is 0 Å². The van der Waals surface area contributed by atoms with E-state index in [0.29, 0.717) is 0 Å². The second-order valence-electron chi connectivity index (χ2n) is 0. The predicted octanol–water partition coefficient (Wildman–Crippen LogP) is -0.210. The summed E-state index contributed by atoms with van der Waals surface area (Å²) < 4.78 is 14.5. The Balaban J connectivity index is -0.0000000133. The van der Waals surface area contributed by atoms with E-state index in [2.05, 4.69) is 0 Å². The van der Waals surface area contributed by atoms with Crippen molar-refractivity contribution < 1.29 is 30.6 Å². The third-order valence-electron chi connectivity index (χ3n) is 0. The Labute approximate surface area is 42.2 Å². The fourth-order valence-corrected chi connectivity index (χ4v) is 0. The molecule has 0 rings (SSSR count). The molecule has 0 spiro atoms. The fourth-order valence-electron chi connectivity index (χ4n) is 0. The molecule has 0 aliphatic rings. The molecule has 0 aromatic heterocycles. The molecule has 0 radical (unpaired) electrons. The van der Waals surface area contributed by atoms with Gasteiger partial charge in [-0.25, -0.2) is 0 Å². The zero-order chi connectivity index (χ0) is 4.00. The predicted molar refractivity (Wildman–Crippen MR) is 4.82 cm³/mol. The second-order valence-corrected chi connectivity index (χ2v) is 0. The second kappa shape index (κ2) is 46100. The van der Waals surface area contributed by atoms with Crippen LogP contribution in [0.15, 0.2) is 0 Å². The van der Waals surface area contributed by atoms with Crippen molar-refractivity contribution in [1.82, 2.24) is 0 Å². The van der Waals surface area contributed by atoms with Crippen LogP contribution in [0.2, 0.25) is 0 Å². The van der Waals surface area contributed by atoms with Crippen LogP contribution in [-0.4, -0.2) is 0 Å². The molecule has 5 heavy (non-hydrogen) atoms. The van der Waals surface area contributed by atoms with Gasteiger partial charge in [0.05, 0.1) is 0 Å². The van der Waals surface area contributed by atoms with Gasteiger partial charge in [0.2, 0.25) is 0 Å². The van der Waals surface area contributed by atoms with E-state index in [-0.39, 0.29) is 21.1 Å². The Kier molecular flexibility index (Phi) is 183000. The van der Waals surface area contributed by atoms with Crippen molar-refractivity contribution in [2.45, 2.75) is 0 Å². The van der Waals surface area contributed by atoms with Gasteiger partial charge in [0, 0.05) is 21.1 Å². The van der Waals surface area contributed by atoms with Crippen LogP contribution in [0.25, 0.3) is 0 Å². The van der Waals surface area contributed by atoms with Crippen LogP contribution < -0.4 is 0 Å². The molecule has 0 aliphatic heterocycles. The normalized spacial score (nSPS) is 0.800. The largest absolute Gasteiger partial charge is 0 e. The van der Waals surface area contributed by atoms with Gasteiger partial charge < -0.3 is 0 Å². The van der Waals surface area contributed by atoms with E-state index in [1.807, 2.05) is 0 Å². The summed E-state index contributed by atoms with van der Waals surface area (Å²) in [6.45, 7) is 0. The zero-order valence-electron chi connectivity index (χ0n) is 2.12. The van der Waals surface area contributed by atoms with Crippen LogP contribution in [0.5, 0.6) is 0 Å². The van der Waals surface area contributed by atoms with Crippen molar-refractivity contribution in [3.8, 4) is 0 Å². The van der Waals surface area contributed by atoms with Gasteiger partial charge in [-0.2, -0.15) is 0 Å². The summed E-state index contributed by atoms with van der Waals surface area (Å²) >= 11 is 0. The van der Waals surface area contributed by atoms with Crippen molar-refractivity contribution in [3.05, 3.63) is 0 Å². The molecule has 0 aliphatic carbocycles. The third-order valence-corrected chi connectivity index (χ3v) is 0. The molecule has 0 fully saturated rings. The van der Waals surface area contributed by atoms with E-state index in [4.69, 9.17) is 20.5 Å². The Morgan fingerprint density at radius 3 is 0.800 bits per heavy atom. The summed E-state index contributed by atoms with van der Waals surface area (Å²) in [5, 5.41) is 0. The van der Waals surface area contributed by atoms with Gasteiger partial charge in [0.15, 0.2) is 0 Å². The minimum atomic E-state index is 0. The minimum Gasteiger partial charge on any atom is 0 e. The molecule has 0 saturated carbocycles. The molecular weight excluding hydrogens is 156 g/mol. The Morgan fingerprint density at radius 2 is 0.800 bits per heavy atom. The summed E-state index contributed by atoms with van der Waals surface area (Å²) in [4.78, 5) is 0. The van der Waals surface area contributed by atoms with Gasteiger partial charge in [-0.3, -0.25) is 0 Å². The molecule has 0 saturated heterocycles. The van der Waals surface area contributed by atoms with Crippen molar-refractivity contribution in [3.63, 3.8) is 0 Å². The average Bonchev–Trinajstić information content (AvgIpc) is 1.50. The number of rotatable bonds is 0. The first-order chi connectivity index (χ1) is 2.00. The van der Waals surface area contributed by atoms with Gasteiger partial charge in [-0.15, -0.1) is 0 Å². The van der Waals surface area contributed by atoms with Gasteiger partial charge in [-0.05, 0) is 0 Å². The molecule has 0 amide bonds. The van der Waals surface area contributed by atoms with Crippen molar-refractivity contribution >= 4 is 0 Å². The molecular formula is MoN2O2+2. The summed E-state index contributed by atoms with van der Waals surface area (Å²) in [7, 11) is 0. The summed E-state index contributed by atoms with van der Waals surface area (Å²) in [6.07, 6.45) is 0. The van der Waals surface area contributed by atoms with E-state index in [1.54, 1.807) is 0 Å². The number of hydrogen-bond acceptors (Lipinski definition) is 2. The molecule has 0 N–H and O–H groups in total. The molecule has 0 heterocycles. The van der Waals surface area contributed by atoms with Gasteiger partial charge in [0.1, 0.15) is 0 Å². The SMILES string of the molecule is N#[O+].N#[O+].[Mo]. The van der Waals surface area contributed by atoms with Crippen LogP contribution in [0.4, 0.5) is 0 Å². The molecule has 26 valence electrons. The topological polar surface area (TPSA) is 87.4 Å². The first-order valence-corrected chi connectivity index (χ1v) is 0.365. The fraction of sp³-hybridized carbons (Fsp3) is 0. The van der Waals surface area contributed by atoms with Crippen LogP contribution in [0, 0.1) is 10.9 Å². The van der Waals surface area contributed by atoms with Crippen LogP contribution >= 0.6 is 0 Å². The molecule has 0 aromatic carbocycles. The van der Waals surface area contributed by atoms with E-state index < -0.39 is 0 Å². The van der Waals surface area contributed by atoms with Gasteiger partial charge in [-0.1, -0.05) is 0 Å². The average molecular weight is 156 g/mol. The van der Waals surface area contributed by atoms with Gasteiger partial charge in [0.25, 0.3) is 0 Å². The van der Waals surface area contributed by atoms with E-state index in [1.165, 1.54) is 0 Å². The van der Waals surface area contributed by atoms with Crippen molar-refractivity contribution in [1.29, 1.82) is 10.9 Å². The first-order valence-electron chi connectivity index (χ1n) is 0.365. The van der Waals surface area contributed by atoms with Crippen LogP contribution in [0.3, 0.4) is 0 Å². The molecule has 0 atom stereocenters. The minimum absolute atomic E-state index is 0. The molecule has 0 aromatic rings. The Hall–Kier alpha value is 0.0283.